The molecule has 1 fully saturated rings. The lowest BCUT2D eigenvalue weighted by Gasteiger charge is -2.47. The highest BCUT2D eigenvalue weighted by Crippen LogP contribution is 2.53. The van der Waals surface area contributed by atoms with Crippen LogP contribution < -0.4 is 0 Å². The van der Waals surface area contributed by atoms with Gasteiger partial charge in [-0.1, -0.05) is 37.6 Å². The van der Waals surface area contributed by atoms with Gasteiger partial charge in [0.05, 0.1) is 0 Å². The van der Waals surface area contributed by atoms with E-state index in [0.29, 0.717) is 5.41 Å². The van der Waals surface area contributed by atoms with E-state index in [1.165, 1.54) is 37.7 Å². The molecule has 0 N–H and O–H groups in total. The molecule has 0 aromatic heterocycles. The maximum atomic E-state index is 4.15. The Morgan fingerprint density at radius 1 is 1.47 bits per heavy atom. The molecule has 3 atom stereocenters. The van der Waals surface area contributed by atoms with E-state index >= 15 is 0 Å². The van der Waals surface area contributed by atoms with Crippen LogP contribution in [0.25, 0.3) is 0 Å². The molecule has 0 bridgehead atoms. The summed E-state index contributed by atoms with van der Waals surface area (Å²) in [4.78, 5) is 0. The molecule has 2 aliphatic carbocycles. The quantitative estimate of drug-likeness (QED) is 0.542. The minimum atomic E-state index is 0.486. The molecule has 0 saturated heterocycles. The highest BCUT2D eigenvalue weighted by molar-refractivity contribution is 5.23. The van der Waals surface area contributed by atoms with Crippen LogP contribution in [0.3, 0.4) is 0 Å². The Morgan fingerprint density at radius 3 is 2.87 bits per heavy atom. The fourth-order valence-electron chi connectivity index (χ4n) is 3.46. The molecule has 0 nitrogen and oxygen atoms in total. The summed E-state index contributed by atoms with van der Waals surface area (Å²) in [5.74, 6) is 1.63. The van der Waals surface area contributed by atoms with Gasteiger partial charge < -0.3 is 0 Å². The van der Waals surface area contributed by atoms with Gasteiger partial charge in [-0.3, -0.25) is 0 Å². The van der Waals surface area contributed by atoms with Crippen molar-refractivity contribution in [3.8, 4) is 0 Å². The average Bonchev–Trinajstić information content (AvgIpc) is 2.19. The fraction of sp³-hybridized carbons (Fsp3) is 0.733. The first-order valence-electron chi connectivity index (χ1n) is 6.39. The van der Waals surface area contributed by atoms with Crippen molar-refractivity contribution in [2.45, 2.75) is 52.9 Å². The van der Waals surface area contributed by atoms with Crippen LogP contribution in [0.2, 0.25) is 0 Å². The van der Waals surface area contributed by atoms with E-state index in [9.17, 15) is 0 Å². The van der Waals surface area contributed by atoms with Crippen LogP contribution >= 0.6 is 0 Å². The molecule has 0 aromatic rings. The van der Waals surface area contributed by atoms with Gasteiger partial charge in [-0.2, -0.15) is 0 Å². The second-order valence-electron chi connectivity index (χ2n) is 5.91. The van der Waals surface area contributed by atoms with E-state index in [-0.39, 0.29) is 0 Å². The van der Waals surface area contributed by atoms with Crippen molar-refractivity contribution in [3.05, 3.63) is 23.8 Å². The zero-order chi connectivity index (χ0) is 11.1. The zero-order valence-electron chi connectivity index (χ0n) is 10.5. The van der Waals surface area contributed by atoms with Crippen LogP contribution in [-0.2, 0) is 0 Å². The predicted molar refractivity (Wildman–Crippen MR) is 66.7 cm³/mol. The molecule has 0 unspecified atom stereocenters. The molecule has 2 aliphatic rings. The largest absolute Gasteiger partial charge is 0.0999 e. The van der Waals surface area contributed by atoms with Crippen LogP contribution in [0.5, 0.6) is 0 Å². The van der Waals surface area contributed by atoms with Gasteiger partial charge in [0.1, 0.15) is 0 Å². The summed E-state index contributed by atoms with van der Waals surface area (Å²) in [5, 5.41) is 0. The van der Waals surface area contributed by atoms with E-state index in [4.69, 9.17) is 0 Å². The molecule has 0 heteroatoms. The summed E-state index contributed by atoms with van der Waals surface area (Å²) in [7, 11) is 0. The molecular formula is C15H24. The summed E-state index contributed by atoms with van der Waals surface area (Å²) < 4.78 is 0. The molecule has 0 aromatic carbocycles. The van der Waals surface area contributed by atoms with Gasteiger partial charge in [0, 0.05) is 0 Å². The topological polar surface area (TPSA) is 0 Å². The minimum absolute atomic E-state index is 0.486. The third kappa shape index (κ3) is 1.79. The standard InChI is InChI=1S/C15H24/c1-11(2)13-8-9-14-7-5-6-12(3)15(14,4)10-13/h7,12-13H,1,5-6,8-10H2,2-4H3/t12-,13+,15-/m0/s1. The first-order valence-corrected chi connectivity index (χ1v) is 6.39. The lowest BCUT2D eigenvalue weighted by molar-refractivity contribution is 0.151. The number of hydrogen-bond acceptors (Lipinski definition) is 0. The summed E-state index contributed by atoms with van der Waals surface area (Å²) in [6, 6.07) is 0. The van der Waals surface area contributed by atoms with Gasteiger partial charge in [-0.15, -0.1) is 0 Å². The molecular weight excluding hydrogens is 180 g/mol. The number of fused-ring (bicyclic) bond motifs is 1. The van der Waals surface area contributed by atoms with Crippen molar-refractivity contribution < 1.29 is 0 Å². The van der Waals surface area contributed by atoms with Crippen molar-refractivity contribution in [2.24, 2.45) is 17.3 Å². The van der Waals surface area contributed by atoms with Gasteiger partial charge in [0.15, 0.2) is 0 Å². The normalized spacial score (nSPS) is 40.6. The third-order valence-electron chi connectivity index (χ3n) is 4.94. The first kappa shape index (κ1) is 11.0. The molecule has 15 heavy (non-hydrogen) atoms. The average molecular weight is 204 g/mol. The van der Waals surface area contributed by atoms with Crippen LogP contribution in [0, 0.1) is 17.3 Å². The summed E-state index contributed by atoms with van der Waals surface area (Å²) in [5.41, 5.74) is 3.63. The van der Waals surface area contributed by atoms with E-state index < -0.39 is 0 Å². The Morgan fingerprint density at radius 2 is 2.20 bits per heavy atom. The summed E-state index contributed by atoms with van der Waals surface area (Å²) in [6.07, 6.45) is 9.21. The molecule has 2 rings (SSSR count). The zero-order valence-corrected chi connectivity index (χ0v) is 10.5. The van der Waals surface area contributed by atoms with Crippen LogP contribution in [0.15, 0.2) is 23.8 Å². The Balaban J connectivity index is 2.24. The number of hydrogen-bond donors (Lipinski definition) is 0. The van der Waals surface area contributed by atoms with Gasteiger partial charge in [0.25, 0.3) is 0 Å². The lowest BCUT2D eigenvalue weighted by atomic mass is 9.58. The maximum absolute atomic E-state index is 4.15. The van der Waals surface area contributed by atoms with Crippen LogP contribution in [-0.4, -0.2) is 0 Å². The predicted octanol–water partition coefficient (Wildman–Crippen LogP) is 4.73. The van der Waals surface area contributed by atoms with Gasteiger partial charge >= 0.3 is 0 Å². The molecule has 84 valence electrons. The monoisotopic (exact) mass is 204 g/mol. The highest BCUT2D eigenvalue weighted by Gasteiger charge is 2.41. The van der Waals surface area contributed by atoms with Gasteiger partial charge in [-0.25, -0.2) is 0 Å². The van der Waals surface area contributed by atoms with Crippen molar-refractivity contribution in [2.75, 3.05) is 0 Å². The van der Waals surface area contributed by atoms with Crippen LogP contribution in [0.1, 0.15) is 52.9 Å². The Hall–Kier alpha value is -0.520. The summed E-state index contributed by atoms with van der Waals surface area (Å²) in [6.45, 7) is 11.3. The van der Waals surface area contributed by atoms with Gasteiger partial charge in [0.2, 0.25) is 0 Å². The second kappa shape index (κ2) is 3.81. The molecule has 0 radical (unpaired) electrons. The Kier molecular flexibility index (Phi) is 2.79. The van der Waals surface area contributed by atoms with Crippen molar-refractivity contribution in [1.82, 2.24) is 0 Å². The minimum Gasteiger partial charge on any atom is -0.0999 e. The summed E-state index contributed by atoms with van der Waals surface area (Å²) >= 11 is 0. The smallest absolute Gasteiger partial charge is 0.00850 e. The Labute approximate surface area is 94.5 Å². The van der Waals surface area contributed by atoms with E-state index in [1.54, 1.807) is 5.57 Å². The van der Waals surface area contributed by atoms with Crippen molar-refractivity contribution in [1.29, 1.82) is 0 Å². The highest BCUT2D eigenvalue weighted by atomic mass is 14.5. The van der Waals surface area contributed by atoms with E-state index in [1.807, 2.05) is 0 Å². The molecule has 0 spiro atoms. The fourth-order valence-corrected chi connectivity index (χ4v) is 3.46. The van der Waals surface area contributed by atoms with E-state index in [2.05, 4.69) is 33.4 Å². The first-order chi connectivity index (χ1) is 7.04. The second-order valence-corrected chi connectivity index (χ2v) is 5.91. The third-order valence-corrected chi connectivity index (χ3v) is 4.94. The molecule has 1 saturated carbocycles. The SMILES string of the molecule is C=C(C)[C@@H]1CCC2=CCC[C@H](C)[C@]2(C)C1. The van der Waals surface area contributed by atoms with Crippen molar-refractivity contribution in [3.63, 3.8) is 0 Å². The molecule has 0 aliphatic heterocycles. The molecule has 0 amide bonds. The number of rotatable bonds is 1. The van der Waals surface area contributed by atoms with Crippen LogP contribution in [0.4, 0.5) is 0 Å². The lowest BCUT2D eigenvalue weighted by Crippen LogP contribution is -2.36. The van der Waals surface area contributed by atoms with Crippen molar-refractivity contribution >= 4 is 0 Å². The molecule has 0 heterocycles. The van der Waals surface area contributed by atoms with E-state index in [0.717, 1.165) is 11.8 Å². The number of allylic oxidation sites excluding steroid dienone is 3. The Bertz CT molecular complexity index is 297. The van der Waals surface area contributed by atoms with Gasteiger partial charge in [-0.05, 0) is 56.3 Å². The maximum Gasteiger partial charge on any atom is -0.00850 e.